The van der Waals surface area contributed by atoms with Crippen molar-refractivity contribution in [1.29, 1.82) is 0 Å². The minimum atomic E-state index is -0.413. The largest absolute Gasteiger partial charge is 0.465 e. The molecule has 0 N–H and O–H groups in total. The van der Waals surface area contributed by atoms with Gasteiger partial charge >= 0.3 is 5.97 Å². The summed E-state index contributed by atoms with van der Waals surface area (Å²) in [5.41, 5.74) is 3.62. The number of methoxy groups -OCH3 is 1. The molecule has 29 heavy (non-hydrogen) atoms. The maximum absolute atomic E-state index is 13.0. The number of fused-ring (bicyclic) bond motifs is 1. The lowest BCUT2D eigenvalue weighted by molar-refractivity contribution is 0.0600. The van der Waals surface area contributed by atoms with Crippen LogP contribution >= 0.6 is 0 Å². The third kappa shape index (κ3) is 3.52. The fourth-order valence-corrected chi connectivity index (χ4v) is 3.28. The second kappa shape index (κ2) is 7.67. The summed E-state index contributed by atoms with van der Waals surface area (Å²) in [7, 11) is 1.35. The first-order valence-corrected chi connectivity index (χ1v) is 9.17. The molecule has 0 aliphatic heterocycles. The first kappa shape index (κ1) is 18.6. The maximum atomic E-state index is 13.0. The molecule has 144 valence electrons. The summed E-state index contributed by atoms with van der Waals surface area (Å²) in [4.78, 5) is 29.4. The molecule has 6 heteroatoms. The van der Waals surface area contributed by atoms with Crippen LogP contribution in [0.1, 0.15) is 21.5 Å². The molecule has 2 aromatic carbocycles. The molecule has 2 aromatic heterocycles. The number of hydrogen-bond donors (Lipinski definition) is 0. The van der Waals surface area contributed by atoms with Gasteiger partial charge in [0.1, 0.15) is 11.2 Å². The maximum Gasteiger partial charge on any atom is 0.338 e. The van der Waals surface area contributed by atoms with Crippen molar-refractivity contribution in [2.45, 2.75) is 13.5 Å². The Bertz CT molecular complexity index is 1260. The number of nitrogens with zero attached hydrogens (tertiary/aromatic N) is 3. The van der Waals surface area contributed by atoms with Gasteiger partial charge in [0, 0.05) is 17.1 Å². The van der Waals surface area contributed by atoms with Crippen LogP contribution in [0.2, 0.25) is 0 Å². The van der Waals surface area contributed by atoms with E-state index in [1.165, 1.54) is 11.8 Å². The van der Waals surface area contributed by atoms with E-state index in [1.807, 2.05) is 55.5 Å². The number of carbonyl (C=O) groups is 1. The number of carbonyl (C=O) groups excluding carboxylic acids is 1. The van der Waals surface area contributed by atoms with Gasteiger partial charge in [0.15, 0.2) is 0 Å². The molecule has 0 saturated carbocycles. The number of pyridine rings is 1. The molecular formula is C23H19N3O3. The van der Waals surface area contributed by atoms with Crippen LogP contribution in [0.3, 0.4) is 0 Å². The molecule has 0 bridgehead atoms. The third-order valence-electron chi connectivity index (χ3n) is 4.81. The molecule has 0 amide bonds. The molecule has 6 nitrogen and oxygen atoms in total. The number of rotatable bonds is 4. The third-order valence-corrected chi connectivity index (χ3v) is 4.81. The van der Waals surface area contributed by atoms with E-state index >= 15 is 0 Å². The van der Waals surface area contributed by atoms with Crippen LogP contribution in [-0.2, 0) is 11.3 Å². The molecule has 0 atom stereocenters. The van der Waals surface area contributed by atoms with Crippen molar-refractivity contribution in [3.8, 4) is 11.3 Å². The summed E-state index contributed by atoms with van der Waals surface area (Å²) in [6.07, 6.45) is 1.59. The second-order valence-electron chi connectivity index (χ2n) is 6.72. The predicted octanol–water partition coefficient (Wildman–Crippen LogP) is 3.60. The lowest BCUT2D eigenvalue weighted by Gasteiger charge is -2.12. The van der Waals surface area contributed by atoms with Crippen molar-refractivity contribution in [2.75, 3.05) is 7.11 Å². The monoisotopic (exact) mass is 385 g/mol. The van der Waals surface area contributed by atoms with Crippen LogP contribution in [0, 0.1) is 6.92 Å². The first-order chi connectivity index (χ1) is 14.1. The van der Waals surface area contributed by atoms with Gasteiger partial charge in [0.25, 0.3) is 5.56 Å². The quantitative estimate of drug-likeness (QED) is 0.502. The molecule has 0 fully saturated rings. The summed E-state index contributed by atoms with van der Waals surface area (Å²) in [6.45, 7) is 2.17. The van der Waals surface area contributed by atoms with Gasteiger partial charge in [-0.1, -0.05) is 42.5 Å². The molecule has 2 heterocycles. The van der Waals surface area contributed by atoms with E-state index in [0.29, 0.717) is 28.7 Å². The summed E-state index contributed by atoms with van der Waals surface area (Å²) < 4.78 is 6.30. The molecule has 4 rings (SSSR count). The summed E-state index contributed by atoms with van der Waals surface area (Å²) in [6, 6.07) is 18.7. The zero-order valence-electron chi connectivity index (χ0n) is 16.1. The van der Waals surface area contributed by atoms with Crippen molar-refractivity contribution >= 4 is 16.9 Å². The SMILES string of the molecule is COC(=O)c1cc(-c2nn(Cc3ccccc3)c(=O)c3ncccc23)ccc1C. The Morgan fingerprint density at radius 3 is 2.62 bits per heavy atom. The zero-order chi connectivity index (χ0) is 20.4. The highest BCUT2D eigenvalue weighted by Crippen LogP contribution is 2.26. The molecule has 0 aliphatic carbocycles. The molecule has 0 unspecified atom stereocenters. The van der Waals surface area contributed by atoms with Gasteiger partial charge in [-0.2, -0.15) is 5.10 Å². The Labute approximate surface area is 167 Å². The van der Waals surface area contributed by atoms with Gasteiger partial charge in [0.05, 0.1) is 19.2 Å². The van der Waals surface area contributed by atoms with Gasteiger partial charge in [-0.05, 0) is 36.2 Å². The van der Waals surface area contributed by atoms with Gasteiger partial charge in [0.2, 0.25) is 0 Å². The van der Waals surface area contributed by atoms with E-state index < -0.39 is 5.97 Å². The van der Waals surface area contributed by atoms with E-state index in [9.17, 15) is 9.59 Å². The van der Waals surface area contributed by atoms with Crippen LogP contribution in [0.5, 0.6) is 0 Å². The highest BCUT2D eigenvalue weighted by Gasteiger charge is 2.16. The van der Waals surface area contributed by atoms with Crippen molar-refractivity contribution in [3.05, 3.63) is 93.9 Å². The topological polar surface area (TPSA) is 74.1 Å². The number of ether oxygens (including phenoxy) is 1. The van der Waals surface area contributed by atoms with Crippen LogP contribution in [0.25, 0.3) is 22.2 Å². The van der Waals surface area contributed by atoms with Gasteiger partial charge in [-0.25, -0.2) is 9.48 Å². The van der Waals surface area contributed by atoms with Crippen molar-refractivity contribution in [3.63, 3.8) is 0 Å². The van der Waals surface area contributed by atoms with Gasteiger partial charge < -0.3 is 4.74 Å². The first-order valence-electron chi connectivity index (χ1n) is 9.17. The van der Waals surface area contributed by atoms with Crippen LogP contribution in [-0.4, -0.2) is 27.8 Å². The lowest BCUT2D eigenvalue weighted by Crippen LogP contribution is -2.25. The number of benzene rings is 2. The Morgan fingerprint density at radius 2 is 1.86 bits per heavy atom. The fourth-order valence-electron chi connectivity index (χ4n) is 3.28. The average molecular weight is 385 g/mol. The van der Waals surface area contributed by atoms with Gasteiger partial charge in [-0.15, -0.1) is 0 Å². The molecule has 0 saturated heterocycles. The fraction of sp³-hybridized carbons (Fsp3) is 0.130. The Kier molecular flexibility index (Phi) is 4.91. The minimum Gasteiger partial charge on any atom is -0.465 e. The highest BCUT2D eigenvalue weighted by molar-refractivity contribution is 5.96. The minimum absolute atomic E-state index is 0.256. The predicted molar refractivity (Wildman–Crippen MR) is 111 cm³/mol. The van der Waals surface area contributed by atoms with Gasteiger partial charge in [-0.3, -0.25) is 9.78 Å². The summed E-state index contributed by atoms with van der Waals surface area (Å²) in [5, 5.41) is 5.27. The number of aromatic nitrogens is 3. The van der Waals surface area contributed by atoms with E-state index in [1.54, 1.807) is 18.3 Å². The molecule has 0 radical (unpaired) electrons. The lowest BCUT2D eigenvalue weighted by atomic mass is 10.0. The molecular weight excluding hydrogens is 366 g/mol. The van der Waals surface area contributed by atoms with E-state index in [-0.39, 0.29) is 5.56 Å². The highest BCUT2D eigenvalue weighted by atomic mass is 16.5. The Morgan fingerprint density at radius 1 is 1.07 bits per heavy atom. The van der Waals surface area contributed by atoms with Crippen molar-refractivity contribution < 1.29 is 9.53 Å². The molecule has 4 aromatic rings. The molecule has 0 aliphatic rings. The van der Waals surface area contributed by atoms with Crippen LogP contribution < -0.4 is 5.56 Å². The van der Waals surface area contributed by atoms with E-state index in [2.05, 4.69) is 10.1 Å². The molecule has 0 spiro atoms. The normalized spacial score (nSPS) is 10.8. The number of hydrogen-bond acceptors (Lipinski definition) is 5. The summed E-state index contributed by atoms with van der Waals surface area (Å²) in [5.74, 6) is -0.413. The smallest absolute Gasteiger partial charge is 0.338 e. The van der Waals surface area contributed by atoms with E-state index in [0.717, 1.165) is 16.7 Å². The number of esters is 1. The van der Waals surface area contributed by atoms with Crippen LogP contribution in [0.4, 0.5) is 0 Å². The average Bonchev–Trinajstić information content (AvgIpc) is 2.76. The Hall–Kier alpha value is -3.80. The van der Waals surface area contributed by atoms with Crippen LogP contribution in [0.15, 0.2) is 71.7 Å². The summed E-state index contributed by atoms with van der Waals surface area (Å²) >= 11 is 0. The van der Waals surface area contributed by atoms with Crippen molar-refractivity contribution in [1.82, 2.24) is 14.8 Å². The van der Waals surface area contributed by atoms with Crippen molar-refractivity contribution in [2.24, 2.45) is 0 Å². The zero-order valence-corrected chi connectivity index (χ0v) is 16.1. The Balaban J connectivity index is 1.94. The standard InChI is InChI=1S/C23H19N3O3/c1-15-10-11-17(13-19(15)23(28)29-2)20-18-9-6-12-24-21(18)22(27)26(25-20)14-16-7-4-3-5-8-16/h3-13H,14H2,1-2H3. The second-order valence-corrected chi connectivity index (χ2v) is 6.72. The number of aryl methyl sites for hydroxylation is 1. The van der Waals surface area contributed by atoms with E-state index in [4.69, 9.17) is 4.74 Å².